The van der Waals surface area contributed by atoms with Crippen molar-refractivity contribution in [3.8, 4) is 5.75 Å². The van der Waals surface area contributed by atoms with Crippen molar-refractivity contribution in [2.75, 3.05) is 0 Å². The Hall–Kier alpha value is -2.31. The second-order valence-corrected chi connectivity index (χ2v) is 5.24. The van der Waals surface area contributed by atoms with Crippen LogP contribution < -0.4 is 11.1 Å². The molecule has 0 spiro atoms. The van der Waals surface area contributed by atoms with E-state index in [-0.39, 0.29) is 11.4 Å². The van der Waals surface area contributed by atoms with E-state index in [0.717, 1.165) is 31.4 Å². The van der Waals surface area contributed by atoms with Crippen LogP contribution in [-0.4, -0.2) is 27.6 Å². The highest BCUT2D eigenvalue weighted by Crippen LogP contribution is 2.29. The fourth-order valence-electron chi connectivity index (χ4n) is 2.68. The maximum Gasteiger partial charge on any atom is 0.255 e. The highest BCUT2D eigenvalue weighted by Gasteiger charge is 2.38. The zero-order valence-electron chi connectivity index (χ0n) is 11.5. The molecule has 7 heteroatoms. The Kier molecular flexibility index (Phi) is 4.30. The first-order valence-electron chi connectivity index (χ1n) is 6.77. The van der Waals surface area contributed by atoms with Crippen LogP contribution in [0.1, 0.15) is 42.5 Å². The Morgan fingerprint density at radius 3 is 2.57 bits per heavy atom. The van der Waals surface area contributed by atoms with Gasteiger partial charge in [0.1, 0.15) is 17.1 Å². The normalized spacial score (nSPS) is 18.2. The number of hydrogen-bond donors (Lipinski definition) is 4. The highest BCUT2D eigenvalue weighted by atomic mass is 19.1. The molecule has 1 fully saturated rings. The molecule has 2 rings (SSSR count). The molecule has 21 heavy (non-hydrogen) atoms. The number of benzene rings is 1. The lowest BCUT2D eigenvalue weighted by atomic mass is 9.80. The largest absolute Gasteiger partial charge is 0.507 e. The predicted octanol–water partition coefficient (Wildman–Crippen LogP) is 1.71. The Morgan fingerprint density at radius 2 is 2.00 bits per heavy atom. The molecule has 0 heterocycles. The van der Waals surface area contributed by atoms with E-state index in [0.29, 0.717) is 12.8 Å². The van der Waals surface area contributed by atoms with Crippen molar-refractivity contribution in [1.29, 1.82) is 0 Å². The summed E-state index contributed by atoms with van der Waals surface area (Å²) in [7, 11) is 0. The van der Waals surface area contributed by atoms with E-state index in [9.17, 15) is 14.3 Å². The fraction of sp³-hybridized carbons (Fsp3) is 0.429. The summed E-state index contributed by atoms with van der Waals surface area (Å²) in [6, 6.07) is 3.15. The topological polar surface area (TPSA) is 108 Å². The van der Waals surface area contributed by atoms with E-state index in [1.807, 2.05) is 0 Å². The van der Waals surface area contributed by atoms with Crippen LogP contribution in [0, 0.1) is 5.82 Å². The van der Waals surface area contributed by atoms with Gasteiger partial charge >= 0.3 is 0 Å². The number of carbonyl (C=O) groups excluding carboxylic acids is 1. The molecule has 0 radical (unpaired) electrons. The van der Waals surface area contributed by atoms with Crippen LogP contribution in [-0.2, 0) is 0 Å². The fourth-order valence-corrected chi connectivity index (χ4v) is 2.68. The lowest BCUT2D eigenvalue weighted by Crippen LogP contribution is -2.58. The summed E-state index contributed by atoms with van der Waals surface area (Å²) in [5.41, 5.74) is 4.76. The lowest BCUT2D eigenvalue weighted by molar-refractivity contribution is 0.0903. The Balaban J connectivity index is 2.26. The van der Waals surface area contributed by atoms with Crippen LogP contribution in [0.4, 0.5) is 4.39 Å². The number of halogens is 1. The third-order valence-corrected chi connectivity index (χ3v) is 3.86. The number of aromatic hydroxyl groups is 1. The van der Waals surface area contributed by atoms with Crippen molar-refractivity contribution < 1.29 is 19.5 Å². The van der Waals surface area contributed by atoms with Crippen LogP contribution in [0.2, 0.25) is 0 Å². The summed E-state index contributed by atoms with van der Waals surface area (Å²) in [6.07, 6.45) is 3.79. The van der Waals surface area contributed by atoms with Gasteiger partial charge in [-0.3, -0.25) is 4.79 Å². The van der Waals surface area contributed by atoms with Crippen molar-refractivity contribution in [3.63, 3.8) is 0 Å². The average Bonchev–Trinajstić information content (AvgIpc) is 2.47. The van der Waals surface area contributed by atoms with Crippen molar-refractivity contribution in [1.82, 2.24) is 5.32 Å². The molecule has 5 N–H and O–H groups in total. The monoisotopic (exact) mass is 295 g/mol. The molecule has 1 aliphatic carbocycles. The molecule has 1 aromatic rings. The standard InChI is InChI=1S/C14H18FN3O3/c15-9-4-5-10(11(19)8-9)12(20)17-14(13(16)18-21)6-2-1-3-7-14/h4-5,8,19,21H,1-3,6-7H2,(H2,16,18)(H,17,20). The summed E-state index contributed by atoms with van der Waals surface area (Å²) in [4.78, 5) is 12.3. The number of carbonyl (C=O) groups is 1. The number of oxime groups is 1. The lowest BCUT2D eigenvalue weighted by Gasteiger charge is -2.36. The zero-order chi connectivity index (χ0) is 15.5. The van der Waals surface area contributed by atoms with Crippen molar-refractivity contribution in [3.05, 3.63) is 29.6 Å². The molecule has 1 aliphatic rings. The van der Waals surface area contributed by atoms with Crippen LogP contribution in [0.5, 0.6) is 5.75 Å². The summed E-state index contributed by atoms with van der Waals surface area (Å²) >= 11 is 0. The number of rotatable bonds is 3. The molecule has 0 aliphatic heterocycles. The minimum absolute atomic E-state index is 0.0490. The average molecular weight is 295 g/mol. The van der Waals surface area contributed by atoms with Crippen molar-refractivity contribution in [2.24, 2.45) is 10.9 Å². The first-order chi connectivity index (χ1) is 9.98. The molecule has 114 valence electrons. The smallest absolute Gasteiger partial charge is 0.255 e. The first kappa shape index (κ1) is 15.1. The number of hydrogen-bond acceptors (Lipinski definition) is 4. The Labute approximate surface area is 121 Å². The molecule has 0 aromatic heterocycles. The molecule has 0 atom stereocenters. The number of amidine groups is 1. The predicted molar refractivity (Wildman–Crippen MR) is 74.8 cm³/mol. The summed E-state index contributed by atoms with van der Waals surface area (Å²) in [6.45, 7) is 0. The number of phenolic OH excluding ortho intramolecular Hbond substituents is 1. The third kappa shape index (κ3) is 3.07. The summed E-state index contributed by atoms with van der Waals surface area (Å²) in [5, 5.41) is 24.3. The molecule has 0 saturated heterocycles. The van der Waals surface area contributed by atoms with E-state index in [4.69, 9.17) is 10.9 Å². The van der Waals surface area contributed by atoms with E-state index < -0.39 is 23.0 Å². The van der Waals surface area contributed by atoms with Gasteiger partial charge in [0.05, 0.1) is 5.56 Å². The molecule has 0 bridgehead atoms. The molecular formula is C14H18FN3O3. The highest BCUT2D eigenvalue weighted by molar-refractivity contribution is 6.01. The molecule has 1 aromatic carbocycles. The van der Waals surface area contributed by atoms with E-state index in [2.05, 4.69) is 10.5 Å². The van der Waals surface area contributed by atoms with Crippen molar-refractivity contribution in [2.45, 2.75) is 37.6 Å². The molecule has 1 amide bonds. The number of nitrogens with zero attached hydrogens (tertiary/aromatic N) is 1. The van der Waals surface area contributed by atoms with Crippen LogP contribution in [0.3, 0.4) is 0 Å². The van der Waals surface area contributed by atoms with Gasteiger partial charge in [-0.25, -0.2) is 4.39 Å². The maximum absolute atomic E-state index is 13.0. The second-order valence-electron chi connectivity index (χ2n) is 5.24. The minimum atomic E-state index is -0.926. The summed E-state index contributed by atoms with van der Waals surface area (Å²) < 4.78 is 13.0. The van der Waals surface area contributed by atoms with Crippen LogP contribution in [0.25, 0.3) is 0 Å². The number of nitrogens with one attached hydrogen (secondary N) is 1. The van der Waals surface area contributed by atoms with Crippen LogP contribution >= 0.6 is 0 Å². The second kappa shape index (κ2) is 5.99. The van der Waals surface area contributed by atoms with E-state index in [1.54, 1.807) is 0 Å². The van der Waals surface area contributed by atoms with Gasteiger partial charge in [0.15, 0.2) is 5.84 Å². The van der Waals surface area contributed by atoms with E-state index in [1.165, 1.54) is 6.07 Å². The quantitative estimate of drug-likeness (QED) is 0.294. The van der Waals surface area contributed by atoms with Crippen LogP contribution in [0.15, 0.2) is 23.4 Å². The van der Waals surface area contributed by atoms with Gasteiger partial charge in [-0.05, 0) is 25.0 Å². The SMILES string of the molecule is N/C(=N/O)C1(NC(=O)c2ccc(F)cc2O)CCCCC1. The van der Waals surface area contributed by atoms with Gasteiger partial charge < -0.3 is 21.4 Å². The first-order valence-corrected chi connectivity index (χ1v) is 6.77. The molecule has 0 unspecified atom stereocenters. The summed E-state index contributed by atoms with van der Waals surface area (Å²) in [5.74, 6) is -1.72. The van der Waals surface area contributed by atoms with Gasteiger partial charge in [-0.2, -0.15) is 0 Å². The Morgan fingerprint density at radius 1 is 1.33 bits per heavy atom. The minimum Gasteiger partial charge on any atom is -0.507 e. The number of nitrogens with two attached hydrogens (primary N) is 1. The third-order valence-electron chi connectivity index (χ3n) is 3.86. The van der Waals surface area contributed by atoms with Gasteiger partial charge in [0.25, 0.3) is 5.91 Å². The maximum atomic E-state index is 13.0. The zero-order valence-corrected chi connectivity index (χ0v) is 11.5. The molecular weight excluding hydrogens is 277 g/mol. The number of phenols is 1. The van der Waals surface area contributed by atoms with E-state index >= 15 is 0 Å². The Bertz CT molecular complexity index is 569. The van der Waals surface area contributed by atoms with Gasteiger partial charge in [-0.1, -0.05) is 24.4 Å². The molecule has 6 nitrogen and oxygen atoms in total. The van der Waals surface area contributed by atoms with Gasteiger partial charge in [0, 0.05) is 6.07 Å². The molecule has 1 saturated carbocycles. The van der Waals surface area contributed by atoms with Gasteiger partial charge in [-0.15, -0.1) is 0 Å². The van der Waals surface area contributed by atoms with Gasteiger partial charge in [0.2, 0.25) is 0 Å². The number of amides is 1. The van der Waals surface area contributed by atoms with Crippen molar-refractivity contribution >= 4 is 11.7 Å².